The standard InChI is InChI=1S/C19H25N3O2S/c1-15(2)16-6-9-18(10-7-16)25(23,24)21-17-8-11-19(20-14-17)22-12-4-3-5-13-22/h6-11,14-15,21H,3-5,12-13H2,1-2H3. The fraction of sp³-hybridized carbons (Fsp3) is 0.421. The monoisotopic (exact) mass is 359 g/mol. The van der Waals surface area contributed by atoms with E-state index in [9.17, 15) is 8.42 Å². The molecule has 5 nitrogen and oxygen atoms in total. The van der Waals surface area contributed by atoms with Crippen LogP contribution in [0, 0.1) is 0 Å². The van der Waals surface area contributed by atoms with E-state index in [1.165, 1.54) is 19.3 Å². The van der Waals surface area contributed by atoms with Crippen molar-refractivity contribution in [2.75, 3.05) is 22.7 Å². The number of sulfonamides is 1. The molecule has 2 aromatic rings. The van der Waals surface area contributed by atoms with Gasteiger partial charge in [0.1, 0.15) is 5.82 Å². The molecule has 0 spiro atoms. The fourth-order valence-corrected chi connectivity index (χ4v) is 4.05. The molecular weight excluding hydrogens is 334 g/mol. The van der Waals surface area contributed by atoms with E-state index in [2.05, 4.69) is 28.5 Å². The highest BCUT2D eigenvalue weighted by molar-refractivity contribution is 7.92. The first-order valence-corrected chi connectivity index (χ1v) is 10.3. The lowest BCUT2D eigenvalue weighted by Gasteiger charge is -2.27. The third kappa shape index (κ3) is 4.31. The molecule has 0 unspecified atom stereocenters. The number of nitrogens with zero attached hydrogens (tertiary/aromatic N) is 2. The van der Waals surface area contributed by atoms with E-state index in [4.69, 9.17) is 0 Å². The van der Waals surface area contributed by atoms with E-state index >= 15 is 0 Å². The molecule has 134 valence electrons. The summed E-state index contributed by atoms with van der Waals surface area (Å²) in [5, 5.41) is 0. The molecule has 1 aromatic heterocycles. The highest BCUT2D eigenvalue weighted by Crippen LogP contribution is 2.22. The smallest absolute Gasteiger partial charge is 0.261 e. The molecular formula is C19H25N3O2S. The summed E-state index contributed by atoms with van der Waals surface area (Å²) in [5.74, 6) is 1.28. The first-order chi connectivity index (χ1) is 12.0. The van der Waals surface area contributed by atoms with Crippen molar-refractivity contribution in [2.45, 2.75) is 43.9 Å². The van der Waals surface area contributed by atoms with E-state index in [0.29, 0.717) is 11.6 Å². The average molecular weight is 359 g/mol. The van der Waals surface area contributed by atoms with Crippen molar-refractivity contribution < 1.29 is 8.42 Å². The zero-order valence-electron chi connectivity index (χ0n) is 14.8. The van der Waals surface area contributed by atoms with E-state index in [1.54, 1.807) is 24.4 Å². The minimum atomic E-state index is -3.60. The van der Waals surface area contributed by atoms with Crippen LogP contribution < -0.4 is 9.62 Å². The Morgan fingerprint density at radius 3 is 2.24 bits per heavy atom. The lowest BCUT2D eigenvalue weighted by atomic mass is 10.0. The second kappa shape index (κ2) is 7.44. The van der Waals surface area contributed by atoms with Gasteiger partial charge in [-0.15, -0.1) is 0 Å². The second-order valence-electron chi connectivity index (χ2n) is 6.78. The number of piperidine rings is 1. The van der Waals surface area contributed by atoms with E-state index in [1.807, 2.05) is 18.2 Å². The average Bonchev–Trinajstić information content (AvgIpc) is 2.63. The Hall–Kier alpha value is -2.08. The first-order valence-electron chi connectivity index (χ1n) is 8.79. The number of aromatic nitrogens is 1. The van der Waals surface area contributed by atoms with Gasteiger partial charge in [0, 0.05) is 13.1 Å². The SMILES string of the molecule is CC(C)c1ccc(S(=O)(=O)Nc2ccc(N3CCCCC3)nc2)cc1. The van der Waals surface area contributed by atoms with Gasteiger partial charge in [-0.2, -0.15) is 0 Å². The lowest BCUT2D eigenvalue weighted by molar-refractivity contribution is 0.573. The Balaban J connectivity index is 1.72. The molecule has 0 amide bonds. The van der Waals surface area contributed by atoms with Crippen molar-refractivity contribution in [2.24, 2.45) is 0 Å². The van der Waals surface area contributed by atoms with Crippen molar-refractivity contribution >= 4 is 21.5 Å². The van der Waals surface area contributed by atoms with Crippen LogP contribution in [0.5, 0.6) is 0 Å². The highest BCUT2D eigenvalue weighted by atomic mass is 32.2. The number of anilines is 2. The Morgan fingerprint density at radius 1 is 1.00 bits per heavy atom. The molecule has 1 N–H and O–H groups in total. The van der Waals surface area contributed by atoms with Gasteiger partial charge in [-0.05, 0) is 55.0 Å². The summed E-state index contributed by atoms with van der Waals surface area (Å²) in [6, 6.07) is 10.7. The fourth-order valence-electron chi connectivity index (χ4n) is 3.00. The van der Waals surface area contributed by atoms with Crippen molar-refractivity contribution in [3.05, 3.63) is 48.2 Å². The van der Waals surface area contributed by atoms with Crippen LogP contribution in [0.1, 0.15) is 44.6 Å². The summed E-state index contributed by atoms with van der Waals surface area (Å²) >= 11 is 0. The van der Waals surface area contributed by atoms with Crippen LogP contribution in [-0.4, -0.2) is 26.5 Å². The summed E-state index contributed by atoms with van der Waals surface area (Å²) < 4.78 is 27.6. The maximum Gasteiger partial charge on any atom is 0.261 e. The molecule has 0 aliphatic carbocycles. The van der Waals surface area contributed by atoms with E-state index in [0.717, 1.165) is 24.5 Å². The Morgan fingerprint density at radius 2 is 1.68 bits per heavy atom. The molecule has 3 rings (SSSR count). The number of nitrogens with one attached hydrogen (secondary N) is 1. The Labute approximate surface area is 150 Å². The summed E-state index contributed by atoms with van der Waals surface area (Å²) in [7, 11) is -3.60. The topological polar surface area (TPSA) is 62.3 Å². The summed E-state index contributed by atoms with van der Waals surface area (Å²) in [4.78, 5) is 6.92. The Kier molecular flexibility index (Phi) is 5.27. The van der Waals surface area contributed by atoms with Gasteiger partial charge in [-0.25, -0.2) is 13.4 Å². The molecule has 0 bridgehead atoms. The van der Waals surface area contributed by atoms with E-state index in [-0.39, 0.29) is 4.90 Å². The van der Waals surface area contributed by atoms with Crippen LogP contribution in [0.3, 0.4) is 0 Å². The normalized spacial score (nSPS) is 15.4. The molecule has 2 heterocycles. The van der Waals surface area contributed by atoms with E-state index < -0.39 is 10.0 Å². The van der Waals surface area contributed by atoms with Crippen molar-refractivity contribution in [1.29, 1.82) is 0 Å². The van der Waals surface area contributed by atoms with Gasteiger partial charge in [0.05, 0.1) is 16.8 Å². The number of hydrogen-bond donors (Lipinski definition) is 1. The molecule has 25 heavy (non-hydrogen) atoms. The van der Waals surface area contributed by atoms with Gasteiger partial charge in [0.15, 0.2) is 0 Å². The zero-order chi connectivity index (χ0) is 17.9. The van der Waals surface area contributed by atoms with Gasteiger partial charge < -0.3 is 4.90 Å². The van der Waals surface area contributed by atoms with Crippen molar-refractivity contribution in [3.8, 4) is 0 Å². The van der Waals surface area contributed by atoms with Crippen LogP contribution in [0.4, 0.5) is 11.5 Å². The highest BCUT2D eigenvalue weighted by Gasteiger charge is 2.16. The molecule has 1 fully saturated rings. The van der Waals surface area contributed by atoms with Gasteiger partial charge in [-0.1, -0.05) is 26.0 Å². The van der Waals surface area contributed by atoms with Crippen molar-refractivity contribution in [3.63, 3.8) is 0 Å². The third-order valence-electron chi connectivity index (χ3n) is 4.54. The Bertz CT molecular complexity index is 794. The second-order valence-corrected chi connectivity index (χ2v) is 8.46. The minimum absolute atomic E-state index is 0.261. The van der Waals surface area contributed by atoms with Gasteiger partial charge >= 0.3 is 0 Å². The largest absolute Gasteiger partial charge is 0.357 e. The number of rotatable bonds is 5. The zero-order valence-corrected chi connectivity index (χ0v) is 15.6. The van der Waals surface area contributed by atoms with Crippen LogP contribution in [0.15, 0.2) is 47.5 Å². The minimum Gasteiger partial charge on any atom is -0.357 e. The van der Waals surface area contributed by atoms with Crippen molar-refractivity contribution in [1.82, 2.24) is 4.98 Å². The summed E-state index contributed by atoms with van der Waals surface area (Å²) in [6.07, 6.45) is 5.22. The van der Waals surface area contributed by atoms with Gasteiger partial charge in [-0.3, -0.25) is 4.72 Å². The predicted molar refractivity (Wildman–Crippen MR) is 102 cm³/mol. The molecule has 1 saturated heterocycles. The molecule has 1 aliphatic rings. The number of hydrogen-bond acceptors (Lipinski definition) is 4. The molecule has 6 heteroatoms. The summed E-state index contributed by atoms with van der Waals surface area (Å²) in [5.41, 5.74) is 1.60. The number of pyridine rings is 1. The third-order valence-corrected chi connectivity index (χ3v) is 5.93. The summed E-state index contributed by atoms with van der Waals surface area (Å²) in [6.45, 7) is 6.19. The molecule has 1 aromatic carbocycles. The molecule has 0 saturated carbocycles. The quantitative estimate of drug-likeness (QED) is 0.876. The molecule has 0 radical (unpaired) electrons. The van der Waals surface area contributed by atoms with Crippen LogP contribution in [0.2, 0.25) is 0 Å². The predicted octanol–water partition coefficient (Wildman–Crippen LogP) is 4.00. The molecule has 0 atom stereocenters. The van der Waals surface area contributed by atoms with Crippen LogP contribution in [-0.2, 0) is 10.0 Å². The first kappa shape index (κ1) is 17.7. The maximum atomic E-state index is 12.5. The van der Waals surface area contributed by atoms with Gasteiger partial charge in [0.2, 0.25) is 0 Å². The van der Waals surface area contributed by atoms with Crippen LogP contribution in [0.25, 0.3) is 0 Å². The van der Waals surface area contributed by atoms with Gasteiger partial charge in [0.25, 0.3) is 10.0 Å². The molecule has 1 aliphatic heterocycles. The van der Waals surface area contributed by atoms with Crippen LogP contribution >= 0.6 is 0 Å². The number of benzene rings is 1. The maximum absolute atomic E-state index is 12.5. The lowest BCUT2D eigenvalue weighted by Crippen LogP contribution is -2.30.